The quantitative estimate of drug-likeness (QED) is 0.436. The van der Waals surface area contributed by atoms with Crippen molar-refractivity contribution in [1.29, 1.82) is 0 Å². The number of nitrogens with zero attached hydrogens (tertiary/aromatic N) is 2. The number of ether oxygens (including phenoxy) is 1. The third kappa shape index (κ3) is 6.45. The van der Waals surface area contributed by atoms with Gasteiger partial charge in [-0.3, -0.25) is 13.9 Å². The van der Waals surface area contributed by atoms with Crippen molar-refractivity contribution in [2.75, 3.05) is 25.0 Å². The first-order chi connectivity index (χ1) is 17.6. The Morgan fingerprint density at radius 3 is 2.19 bits per heavy atom. The molecule has 0 aliphatic heterocycles. The highest BCUT2D eigenvalue weighted by Crippen LogP contribution is 2.27. The van der Waals surface area contributed by atoms with Crippen LogP contribution in [0.2, 0.25) is 0 Å². The van der Waals surface area contributed by atoms with Crippen molar-refractivity contribution in [2.45, 2.75) is 31.3 Å². The average Bonchev–Trinajstić information content (AvgIpc) is 2.90. The first-order valence-electron chi connectivity index (χ1n) is 11.6. The van der Waals surface area contributed by atoms with Gasteiger partial charge in [0.05, 0.1) is 17.7 Å². The fourth-order valence-electron chi connectivity index (χ4n) is 3.72. The Hall–Kier alpha value is -3.92. The molecule has 0 spiro atoms. The predicted molar refractivity (Wildman–Crippen MR) is 139 cm³/mol. The third-order valence-corrected chi connectivity index (χ3v) is 7.75. The molecule has 8 nitrogen and oxygen atoms in total. The summed E-state index contributed by atoms with van der Waals surface area (Å²) >= 11 is 0. The Morgan fingerprint density at radius 2 is 1.62 bits per heavy atom. The molecule has 1 atom stereocenters. The van der Waals surface area contributed by atoms with Crippen LogP contribution in [0, 0.1) is 12.7 Å². The number of benzene rings is 3. The van der Waals surface area contributed by atoms with Gasteiger partial charge in [0.2, 0.25) is 11.8 Å². The van der Waals surface area contributed by atoms with Gasteiger partial charge in [-0.1, -0.05) is 35.9 Å². The summed E-state index contributed by atoms with van der Waals surface area (Å²) in [6.07, 6.45) is 0. The van der Waals surface area contributed by atoms with Crippen LogP contribution in [0.4, 0.5) is 10.1 Å². The van der Waals surface area contributed by atoms with E-state index in [1.807, 2.05) is 6.92 Å². The SMILES string of the molecule is CNC(=O)[C@H](C)N(Cc1ccccc1F)C(=O)CN(c1ccc(OC)cc1)S(=O)(=O)c1ccc(C)cc1. The molecule has 3 aromatic carbocycles. The monoisotopic (exact) mass is 527 g/mol. The number of amides is 2. The summed E-state index contributed by atoms with van der Waals surface area (Å²) in [5.41, 5.74) is 1.30. The van der Waals surface area contributed by atoms with Crippen LogP contribution in [0.15, 0.2) is 77.7 Å². The molecule has 0 heterocycles. The maximum Gasteiger partial charge on any atom is 0.264 e. The van der Waals surface area contributed by atoms with Crippen LogP contribution in [-0.2, 0) is 26.2 Å². The molecule has 37 heavy (non-hydrogen) atoms. The van der Waals surface area contributed by atoms with Crippen molar-refractivity contribution < 1.29 is 27.1 Å². The van der Waals surface area contributed by atoms with Gasteiger partial charge in [-0.2, -0.15) is 0 Å². The molecule has 0 saturated heterocycles. The summed E-state index contributed by atoms with van der Waals surface area (Å²) in [5.74, 6) is -1.17. The maximum absolute atomic E-state index is 14.4. The number of halogens is 1. The first-order valence-corrected chi connectivity index (χ1v) is 13.0. The van der Waals surface area contributed by atoms with E-state index in [1.165, 1.54) is 68.4 Å². The predicted octanol–water partition coefficient (Wildman–Crippen LogP) is 3.50. The molecule has 0 radical (unpaired) electrons. The first kappa shape index (κ1) is 27.7. The number of carbonyl (C=O) groups excluding carboxylic acids is 2. The van der Waals surface area contributed by atoms with E-state index in [4.69, 9.17) is 4.74 Å². The molecule has 0 aromatic heterocycles. The Bertz CT molecular complexity index is 1350. The van der Waals surface area contributed by atoms with E-state index in [0.29, 0.717) is 5.75 Å². The molecule has 196 valence electrons. The van der Waals surface area contributed by atoms with Crippen LogP contribution in [0.1, 0.15) is 18.1 Å². The highest BCUT2D eigenvalue weighted by Gasteiger charge is 2.32. The van der Waals surface area contributed by atoms with E-state index in [-0.39, 0.29) is 22.7 Å². The Kier molecular flexibility index (Phi) is 8.88. The van der Waals surface area contributed by atoms with Crippen LogP contribution in [0.5, 0.6) is 5.75 Å². The molecular formula is C27H30FN3O5S. The largest absolute Gasteiger partial charge is 0.497 e. The summed E-state index contributed by atoms with van der Waals surface area (Å²) < 4.78 is 48.0. The smallest absolute Gasteiger partial charge is 0.264 e. The zero-order chi connectivity index (χ0) is 27.2. The zero-order valence-electron chi connectivity index (χ0n) is 21.1. The lowest BCUT2D eigenvalue weighted by Crippen LogP contribution is -2.50. The number of rotatable bonds is 10. The second-order valence-corrected chi connectivity index (χ2v) is 10.3. The molecule has 3 rings (SSSR count). The van der Waals surface area contributed by atoms with Crippen LogP contribution in [-0.4, -0.2) is 51.9 Å². The van der Waals surface area contributed by atoms with Crippen LogP contribution in [0.3, 0.4) is 0 Å². The van der Waals surface area contributed by atoms with E-state index >= 15 is 0 Å². The molecule has 0 unspecified atom stereocenters. The lowest BCUT2D eigenvalue weighted by Gasteiger charge is -2.31. The van der Waals surface area contributed by atoms with Crippen LogP contribution < -0.4 is 14.4 Å². The van der Waals surface area contributed by atoms with Crippen LogP contribution in [0.25, 0.3) is 0 Å². The van der Waals surface area contributed by atoms with Crippen molar-refractivity contribution in [1.82, 2.24) is 10.2 Å². The molecule has 2 amide bonds. The van der Waals surface area contributed by atoms with E-state index in [2.05, 4.69) is 5.32 Å². The topological polar surface area (TPSA) is 96.0 Å². The normalized spacial score (nSPS) is 11.9. The number of likely N-dealkylation sites (N-methyl/N-ethyl adjacent to an activating group) is 1. The second-order valence-electron chi connectivity index (χ2n) is 8.43. The minimum absolute atomic E-state index is 0.00159. The highest BCUT2D eigenvalue weighted by atomic mass is 32.2. The second kappa shape index (κ2) is 11.9. The molecule has 0 aliphatic carbocycles. The number of hydrogen-bond acceptors (Lipinski definition) is 5. The van der Waals surface area contributed by atoms with Gasteiger partial charge in [0, 0.05) is 19.2 Å². The highest BCUT2D eigenvalue weighted by molar-refractivity contribution is 7.92. The standard InChI is InChI=1S/C27H30FN3O5S/c1-19-9-15-24(16-10-19)37(34,35)31(22-11-13-23(36-4)14-12-22)18-26(32)30(20(2)27(33)29-3)17-21-7-5-6-8-25(21)28/h5-16,20H,17-18H2,1-4H3,(H,29,33)/t20-/m0/s1. The van der Waals surface area contributed by atoms with E-state index < -0.39 is 40.2 Å². The van der Waals surface area contributed by atoms with Crippen molar-refractivity contribution in [3.63, 3.8) is 0 Å². The molecule has 1 N–H and O–H groups in total. The summed E-state index contributed by atoms with van der Waals surface area (Å²) in [6, 6.07) is 17.4. The number of methoxy groups -OCH3 is 1. The molecule has 3 aromatic rings. The van der Waals surface area contributed by atoms with Gasteiger partial charge >= 0.3 is 0 Å². The number of aryl methyl sites for hydroxylation is 1. The lowest BCUT2D eigenvalue weighted by atomic mass is 10.1. The van der Waals surface area contributed by atoms with Gasteiger partial charge < -0.3 is 15.0 Å². The van der Waals surface area contributed by atoms with Crippen molar-refractivity contribution >= 4 is 27.5 Å². The molecule has 10 heteroatoms. The lowest BCUT2D eigenvalue weighted by molar-refractivity contribution is -0.139. The average molecular weight is 528 g/mol. The molecule has 0 bridgehead atoms. The number of hydrogen-bond donors (Lipinski definition) is 1. The third-order valence-electron chi connectivity index (χ3n) is 5.96. The summed E-state index contributed by atoms with van der Waals surface area (Å²) in [7, 11) is -1.27. The van der Waals surface area contributed by atoms with Gasteiger partial charge in [0.1, 0.15) is 24.2 Å². The zero-order valence-corrected chi connectivity index (χ0v) is 22.0. The van der Waals surface area contributed by atoms with E-state index in [1.54, 1.807) is 30.3 Å². The van der Waals surface area contributed by atoms with E-state index in [9.17, 15) is 22.4 Å². The Labute approximate surface area is 216 Å². The molecular weight excluding hydrogens is 497 g/mol. The summed E-state index contributed by atoms with van der Waals surface area (Å²) in [5, 5.41) is 2.49. The van der Waals surface area contributed by atoms with Crippen molar-refractivity contribution in [2.24, 2.45) is 0 Å². The van der Waals surface area contributed by atoms with Crippen molar-refractivity contribution in [3.8, 4) is 5.75 Å². The van der Waals surface area contributed by atoms with Crippen molar-refractivity contribution in [3.05, 3.63) is 89.7 Å². The van der Waals surface area contributed by atoms with Gasteiger partial charge in [-0.25, -0.2) is 12.8 Å². The molecule has 0 fully saturated rings. The van der Waals surface area contributed by atoms with Gasteiger partial charge in [-0.15, -0.1) is 0 Å². The number of nitrogens with one attached hydrogen (secondary N) is 1. The fraction of sp³-hybridized carbons (Fsp3) is 0.259. The minimum atomic E-state index is -4.18. The van der Waals surface area contributed by atoms with Gasteiger partial charge in [0.15, 0.2) is 0 Å². The number of sulfonamides is 1. The maximum atomic E-state index is 14.4. The fourth-order valence-corrected chi connectivity index (χ4v) is 5.13. The van der Waals surface area contributed by atoms with E-state index in [0.717, 1.165) is 9.87 Å². The van der Waals surface area contributed by atoms with Crippen LogP contribution >= 0.6 is 0 Å². The minimum Gasteiger partial charge on any atom is -0.497 e. The number of anilines is 1. The summed E-state index contributed by atoms with van der Waals surface area (Å²) in [6.45, 7) is 2.51. The molecule has 0 saturated carbocycles. The van der Waals surface area contributed by atoms with Gasteiger partial charge in [0.25, 0.3) is 10.0 Å². The molecule has 0 aliphatic rings. The Balaban J connectivity index is 2.04. The Morgan fingerprint density at radius 1 is 1.00 bits per heavy atom. The van der Waals surface area contributed by atoms with Gasteiger partial charge in [-0.05, 0) is 56.3 Å². The number of carbonyl (C=O) groups is 2. The summed E-state index contributed by atoms with van der Waals surface area (Å²) in [4.78, 5) is 27.3.